The zero-order chi connectivity index (χ0) is 21.5. The molecule has 3 aromatic rings. The van der Waals surface area contributed by atoms with Gasteiger partial charge in [-0.15, -0.1) is 10.2 Å². The summed E-state index contributed by atoms with van der Waals surface area (Å²) in [6.45, 7) is 6.39. The maximum absolute atomic E-state index is 12.1. The summed E-state index contributed by atoms with van der Waals surface area (Å²) in [5.41, 5.74) is 6.50. The monoisotopic (exact) mass is 424 g/mol. The van der Waals surface area contributed by atoms with Gasteiger partial charge in [-0.2, -0.15) is 4.98 Å². The number of aliphatic carboxylic acids is 1. The number of aromatic amines is 1. The van der Waals surface area contributed by atoms with Crippen molar-refractivity contribution >= 4 is 23.3 Å². The first kappa shape index (κ1) is 18.6. The van der Waals surface area contributed by atoms with E-state index >= 15 is 0 Å². The van der Waals surface area contributed by atoms with Crippen LogP contribution in [0, 0.1) is 18.3 Å². The molecule has 4 unspecified atom stereocenters. The van der Waals surface area contributed by atoms with Crippen molar-refractivity contribution in [2.45, 2.75) is 38.2 Å². The SMILES string of the molecule is Cc1cc(N2CCC(C)C2)cn2nc(C34CC(C(=O)O)(CO3)C4c3nc(N)n[nH]3)nc12. The molecule has 0 radical (unpaired) electrons. The molecule has 0 amide bonds. The normalized spacial score (nSPS) is 32.0. The summed E-state index contributed by atoms with van der Waals surface area (Å²) in [6, 6.07) is 2.13. The number of nitrogen functional groups attached to an aromatic ring is 1. The second-order valence-electron chi connectivity index (χ2n) is 9.25. The maximum Gasteiger partial charge on any atom is 0.313 e. The molecule has 31 heavy (non-hydrogen) atoms. The van der Waals surface area contributed by atoms with Gasteiger partial charge >= 0.3 is 5.97 Å². The summed E-state index contributed by atoms with van der Waals surface area (Å²) in [4.78, 5) is 23.5. The van der Waals surface area contributed by atoms with E-state index in [1.807, 2.05) is 13.1 Å². The summed E-state index contributed by atoms with van der Waals surface area (Å²) in [7, 11) is 0. The smallest absolute Gasteiger partial charge is 0.313 e. The van der Waals surface area contributed by atoms with E-state index in [0.717, 1.165) is 30.0 Å². The third-order valence-electron chi connectivity index (χ3n) is 7.17. The van der Waals surface area contributed by atoms with E-state index in [1.165, 1.54) is 6.42 Å². The fraction of sp³-hybridized carbons (Fsp3) is 0.550. The Morgan fingerprint density at radius 3 is 2.94 bits per heavy atom. The number of carboxylic acid groups (broad SMARTS) is 1. The molecule has 3 aliphatic heterocycles. The fourth-order valence-corrected chi connectivity index (χ4v) is 5.60. The van der Waals surface area contributed by atoms with Gasteiger partial charge in [0.2, 0.25) is 5.95 Å². The summed E-state index contributed by atoms with van der Waals surface area (Å²) in [6.07, 6.45) is 3.45. The van der Waals surface area contributed by atoms with E-state index in [4.69, 9.17) is 20.6 Å². The van der Waals surface area contributed by atoms with Gasteiger partial charge in [0.15, 0.2) is 11.5 Å². The molecule has 4 N–H and O–H groups in total. The summed E-state index contributed by atoms with van der Waals surface area (Å²) >= 11 is 0. The average Bonchev–Trinajstić information content (AvgIpc) is 3.48. The van der Waals surface area contributed by atoms with Crippen LogP contribution in [-0.4, -0.2) is 60.6 Å². The van der Waals surface area contributed by atoms with Crippen LogP contribution in [0.25, 0.3) is 5.65 Å². The number of H-pyrrole nitrogens is 1. The van der Waals surface area contributed by atoms with Crippen LogP contribution >= 0.6 is 0 Å². The number of anilines is 2. The predicted molar refractivity (Wildman–Crippen MR) is 110 cm³/mol. The van der Waals surface area contributed by atoms with Crippen molar-refractivity contribution in [3.8, 4) is 0 Å². The standard InChI is InChI=1S/C20H24N8O3/c1-10-3-4-27(6-10)12-5-11(2)15-23-16(26-28(15)7-12)20-8-19(9-31-20,17(29)30)13(20)14-22-18(21)25-24-14/h5,7,10,13H,3-4,6,8-9H2,1-2H3,(H,29,30)(H3,21,22,24,25). The number of nitrogens with two attached hydrogens (primary N) is 1. The fourth-order valence-electron chi connectivity index (χ4n) is 5.60. The van der Waals surface area contributed by atoms with Gasteiger partial charge in [-0.1, -0.05) is 6.92 Å². The molecule has 4 aliphatic rings. The molecule has 162 valence electrons. The largest absolute Gasteiger partial charge is 0.481 e. The summed E-state index contributed by atoms with van der Waals surface area (Å²) < 4.78 is 7.88. The molecule has 11 nitrogen and oxygen atoms in total. The lowest BCUT2D eigenvalue weighted by Crippen LogP contribution is -2.55. The Hall–Kier alpha value is -3.21. The van der Waals surface area contributed by atoms with E-state index in [-0.39, 0.29) is 19.0 Å². The zero-order valence-corrected chi connectivity index (χ0v) is 17.4. The van der Waals surface area contributed by atoms with Crippen LogP contribution in [0.2, 0.25) is 0 Å². The van der Waals surface area contributed by atoms with Crippen molar-refractivity contribution < 1.29 is 14.6 Å². The molecule has 3 aromatic heterocycles. The van der Waals surface area contributed by atoms with Gasteiger partial charge in [0.1, 0.15) is 16.8 Å². The van der Waals surface area contributed by atoms with Crippen LogP contribution in [0.4, 0.5) is 11.6 Å². The Labute approximate surface area is 177 Å². The highest BCUT2D eigenvalue weighted by molar-refractivity contribution is 5.80. The van der Waals surface area contributed by atoms with Crippen molar-refractivity contribution in [3.63, 3.8) is 0 Å². The van der Waals surface area contributed by atoms with Crippen molar-refractivity contribution in [1.82, 2.24) is 29.8 Å². The Morgan fingerprint density at radius 2 is 2.26 bits per heavy atom. The Balaban J connectivity index is 1.44. The number of ether oxygens (including phenoxy) is 1. The molecule has 1 saturated carbocycles. The molecule has 6 heterocycles. The Bertz CT molecular complexity index is 1220. The molecule has 2 bridgehead atoms. The van der Waals surface area contributed by atoms with E-state index in [0.29, 0.717) is 17.6 Å². The van der Waals surface area contributed by atoms with E-state index < -0.39 is 22.9 Å². The van der Waals surface area contributed by atoms with Crippen molar-refractivity contribution in [3.05, 3.63) is 29.5 Å². The minimum absolute atomic E-state index is 0.0685. The van der Waals surface area contributed by atoms with Gasteiger partial charge in [0.05, 0.1) is 24.4 Å². The van der Waals surface area contributed by atoms with E-state index in [1.54, 1.807) is 4.52 Å². The minimum Gasteiger partial charge on any atom is -0.481 e. The minimum atomic E-state index is -1.09. The second-order valence-corrected chi connectivity index (χ2v) is 9.25. The molecule has 4 atom stereocenters. The first-order chi connectivity index (χ1) is 14.8. The first-order valence-corrected chi connectivity index (χ1v) is 10.5. The Kier molecular flexibility index (Phi) is 3.55. The third-order valence-corrected chi connectivity index (χ3v) is 7.17. The third kappa shape index (κ3) is 2.34. The molecule has 4 fully saturated rings. The van der Waals surface area contributed by atoms with E-state index in [9.17, 15) is 9.90 Å². The molecular formula is C20H24N8O3. The number of hydrogen-bond donors (Lipinski definition) is 3. The number of nitrogens with one attached hydrogen (secondary N) is 1. The van der Waals surface area contributed by atoms with Gasteiger partial charge in [-0.25, -0.2) is 9.50 Å². The number of carboxylic acids is 1. The average molecular weight is 424 g/mol. The van der Waals surface area contributed by atoms with Crippen molar-refractivity contribution in [1.29, 1.82) is 0 Å². The molecule has 0 aromatic carbocycles. The quantitative estimate of drug-likeness (QED) is 0.559. The topological polar surface area (TPSA) is 148 Å². The molecule has 0 spiro atoms. The number of pyridine rings is 1. The van der Waals surface area contributed by atoms with Gasteiger partial charge in [0, 0.05) is 19.5 Å². The van der Waals surface area contributed by atoms with Crippen LogP contribution < -0.4 is 10.6 Å². The van der Waals surface area contributed by atoms with Crippen LogP contribution in [0.3, 0.4) is 0 Å². The van der Waals surface area contributed by atoms with E-state index in [2.05, 4.69) is 33.1 Å². The lowest BCUT2D eigenvalue weighted by Gasteiger charge is -2.47. The number of carbonyl (C=O) groups is 1. The van der Waals surface area contributed by atoms with Gasteiger partial charge in [-0.05, 0) is 30.9 Å². The lowest BCUT2D eigenvalue weighted by molar-refractivity contribution is -0.158. The van der Waals surface area contributed by atoms with Crippen LogP contribution in [-0.2, 0) is 15.1 Å². The van der Waals surface area contributed by atoms with Crippen LogP contribution in [0.5, 0.6) is 0 Å². The maximum atomic E-state index is 12.1. The number of aromatic nitrogens is 6. The number of nitrogens with zero attached hydrogens (tertiary/aromatic N) is 6. The number of rotatable bonds is 4. The van der Waals surface area contributed by atoms with Crippen molar-refractivity contribution in [2.75, 3.05) is 30.3 Å². The summed E-state index contributed by atoms with van der Waals surface area (Å²) in [5, 5.41) is 21.4. The molecule has 1 aliphatic carbocycles. The zero-order valence-electron chi connectivity index (χ0n) is 17.4. The van der Waals surface area contributed by atoms with Gasteiger partial charge < -0.3 is 20.5 Å². The molecular weight excluding hydrogens is 400 g/mol. The molecule has 3 saturated heterocycles. The molecule has 7 rings (SSSR count). The Morgan fingerprint density at radius 1 is 1.42 bits per heavy atom. The van der Waals surface area contributed by atoms with Crippen LogP contribution in [0.1, 0.15) is 42.9 Å². The highest BCUT2D eigenvalue weighted by atomic mass is 16.5. The van der Waals surface area contributed by atoms with Gasteiger partial charge in [-0.3, -0.25) is 9.89 Å². The van der Waals surface area contributed by atoms with Gasteiger partial charge in [0.25, 0.3) is 0 Å². The predicted octanol–water partition coefficient (Wildman–Crippen LogP) is 1.07. The molecule has 11 heteroatoms. The number of aryl methyl sites for hydroxylation is 1. The summed E-state index contributed by atoms with van der Waals surface area (Å²) in [5.74, 6) is 0.0929. The highest BCUT2D eigenvalue weighted by Gasteiger charge is 2.78. The highest BCUT2D eigenvalue weighted by Crippen LogP contribution is 2.70. The second kappa shape index (κ2) is 5.94. The number of hydrogen-bond acceptors (Lipinski definition) is 8. The van der Waals surface area contributed by atoms with Crippen molar-refractivity contribution in [2.24, 2.45) is 11.3 Å². The van der Waals surface area contributed by atoms with Crippen LogP contribution in [0.15, 0.2) is 12.3 Å². The lowest BCUT2D eigenvalue weighted by atomic mass is 9.53. The first-order valence-electron chi connectivity index (χ1n) is 10.5. The number of fused-ring (bicyclic) bond motifs is 2.